The second-order valence-electron chi connectivity index (χ2n) is 6.61. The predicted octanol–water partition coefficient (Wildman–Crippen LogP) is 3.41. The van der Waals surface area contributed by atoms with Gasteiger partial charge in [0.25, 0.3) is 0 Å². The van der Waals surface area contributed by atoms with Crippen molar-refractivity contribution in [2.45, 2.75) is 20.3 Å². The number of anilines is 4. The van der Waals surface area contributed by atoms with Gasteiger partial charge >= 0.3 is 6.03 Å². The fraction of sp³-hybridized carbons (Fsp3) is 0.190. The third-order valence-electron chi connectivity index (χ3n) is 4.09. The van der Waals surface area contributed by atoms with Gasteiger partial charge in [-0.05, 0) is 48.7 Å². The van der Waals surface area contributed by atoms with Crippen LogP contribution in [0.3, 0.4) is 0 Å². The first kappa shape index (κ1) is 20.7. The lowest BCUT2D eigenvalue weighted by Crippen LogP contribution is -2.21. The molecule has 1 heterocycles. The molecule has 0 radical (unpaired) electrons. The first-order valence-electron chi connectivity index (χ1n) is 9.35. The van der Waals surface area contributed by atoms with E-state index in [-0.39, 0.29) is 11.9 Å². The third kappa shape index (κ3) is 5.99. The number of aromatic nitrogens is 3. The maximum Gasteiger partial charge on any atom is 0.326 e. The molecule has 9 heteroatoms. The summed E-state index contributed by atoms with van der Waals surface area (Å²) in [6.45, 7) is 3.20. The van der Waals surface area contributed by atoms with Crippen LogP contribution in [0.25, 0.3) is 0 Å². The van der Waals surface area contributed by atoms with E-state index in [4.69, 9.17) is 0 Å². The van der Waals surface area contributed by atoms with Crippen LogP contribution in [0.2, 0.25) is 0 Å². The number of hydrogen-bond acceptors (Lipinski definition) is 6. The molecule has 0 saturated heterocycles. The summed E-state index contributed by atoms with van der Waals surface area (Å²) in [5.41, 5.74) is 3.64. The van der Waals surface area contributed by atoms with Crippen molar-refractivity contribution < 1.29 is 9.59 Å². The number of nitrogens with one attached hydrogen (secondary N) is 4. The smallest absolute Gasteiger partial charge is 0.326 e. The van der Waals surface area contributed by atoms with Crippen molar-refractivity contribution in [3.05, 3.63) is 65.5 Å². The summed E-state index contributed by atoms with van der Waals surface area (Å²) in [7, 11) is 1.69. The highest BCUT2D eigenvalue weighted by Crippen LogP contribution is 2.16. The van der Waals surface area contributed by atoms with Crippen molar-refractivity contribution in [2.75, 3.05) is 28.3 Å². The Bertz CT molecular complexity index is 1030. The summed E-state index contributed by atoms with van der Waals surface area (Å²) in [4.78, 5) is 35.5. The van der Waals surface area contributed by atoms with Crippen LogP contribution in [0.1, 0.15) is 23.9 Å². The number of amides is 3. The number of urea groups is 1. The highest BCUT2D eigenvalue weighted by atomic mass is 16.2. The van der Waals surface area contributed by atoms with E-state index in [2.05, 4.69) is 36.2 Å². The fourth-order valence-electron chi connectivity index (χ4n) is 2.76. The van der Waals surface area contributed by atoms with E-state index in [1.165, 1.54) is 6.92 Å². The maximum absolute atomic E-state index is 12.2. The van der Waals surface area contributed by atoms with Crippen molar-refractivity contribution in [1.29, 1.82) is 0 Å². The van der Waals surface area contributed by atoms with Crippen LogP contribution in [0.15, 0.2) is 48.5 Å². The summed E-state index contributed by atoms with van der Waals surface area (Å²) >= 11 is 0. The van der Waals surface area contributed by atoms with Gasteiger partial charge in [-0.2, -0.15) is 15.0 Å². The lowest BCUT2D eigenvalue weighted by Gasteiger charge is -2.09. The molecule has 4 N–H and O–H groups in total. The Labute approximate surface area is 174 Å². The molecule has 3 aromatic rings. The number of carbonyl (C=O) groups is 2. The van der Waals surface area contributed by atoms with Gasteiger partial charge in [0.05, 0.1) is 0 Å². The quantitative estimate of drug-likeness (QED) is 0.499. The zero-order valence-corrected chi connectivity index (χ0v) is 17.0. The maximum atomic E-state index is 12.2. The normalized spacial score (nSPS) is 10.2. The minimum absolute atomic E-state index is 0.0945. The lowest BCUT2D eigenvalue weighted by molar-refractivity contribution is -0.114. The molecule has 0 atom stereocenters. The second-order valence-corrected chi connectivity index (χ2v) is 6.61. The van der Waals surface area contributed by atoms with Gasteiger partial charge in [-0.1, -0.05) is 24.3 Å². The first-order valence-corrected chi connectivity index (χ1v) is 9.35. The van der Waals surface area contributed by atoms with Crippen LogP contribution in [0.4, 0.5) is 28.1 Å². The standard InChI is InChI=1S/C21H23N7O2/c1-13-23-19(22-3)27-20(24-13)28-21(30)26-18-10-6-16(7-11-18)12-15-4-8-17(9-5-15)25-14(2)29/h4-11H,12H2,1-3H3,(H,25,29)(H3,22,23,24,26,27,28,30). The Morgan fingerprint density at radius 1 is 0.767 bits per heavy atom. The van der Waals surface area contributed by atoms with Gasteiger partial charge in [-0.15, -0.1) is 0 Å². The number of carbonyl (C=O) groups excluding carboxylic acids is 2. The lowest BCUT2D eigenvalue weighted by atomic mass is 10.0. The Kier molecular flexibility index (Phi) is 6.53. The van der Waals surface area contributed by atoms with Crippen LogP contribution in [0.5, 0.6) is 0 Å². The molecule has 0 aliphatic carbocycles. The van der Waals surface area contributed by atoms with E-state index < -0.39 is 6.03 Å². The third-order valence-corrected chi connectivity index (χ3v) is 4.09. The monoisotopic (exact) mass is 405 g/mol. The number of aryl methyl sites for hydroxylation is 1. The minimum atomic E-state index is -0.441. The molecule has 0 aliphatic heterocycles. The van der Waals surface area contributed by atoms with E-state index in [1.54, 1.807) is 14.0 Å². The van der Waals surface area contributed by atoms with E-state index in [9.17, 15) is 9.59 Å². The summed E-state index contributed by atoms with van der Waals surface area (Å²) in [5, 5.41) is 10.9. The molecule has 154 valence electrons. The first-order chi connectivity index (χ1) is 14.4. The molecule has 3 amide bonds. The fourth-order valence-corrected chi connectivity index (χ4v) is 2.76. The van der Waals surface area contributed by atoms with Crippen molar-refractivity contribution in [1.82, 2.24) is 15.0 Å². The van der Waals surface area contributed by atoms with Crippen molar-refractivity contribution >= 4 is 35.2 Å². The van der Waals surface area contributed by atoms with Gasteiger partial charge in [0.15, 0.2) is 0 Å². The number of benzene rings is 2. The van der Waals surface area contributed by atoms with E-state index in [0.29, 0.717) is 17.5 Å². The largest absolute Gasteiger partial charge is 0.357 e. The molecule has 1 aromatic heterocycles. The molecule has 30 heavy (non-hydrogen) atoms. The molecule has 0 bridgehead atoms. The molecular formula is C21H23N7O2. The molecular weight excluding hydrogens is 382 g/mol. The SMILES string of the molecule is CNc1nc(C)nc(NC(=O)Nc2ccc(Cc3ccc(NC(C)=O)cc3)cc2)n1. The van der Waals surface area contributed by atoms with E-state index in [1.807, 2.05) is 48.5 Å². The molecule has 0 unspecified atom stereocenters. The van der Waals surface area contributed by atoms with Gasteiger partial charge < -0.3 is 16.0 Å². The Morgan fingerprint density at radius 2 is 1.30 bits per heavy atom. The molecule has 2 aromatic carbocycles. The van der Waals surface area contributed by atoms with Crippen LogP contribution in [-0.4, -0.2) is 33.9 Å². The van der Waals surface area contributed by atoms with Crippen molar-refractivity contribution in [3.63, 3.8) is 0 Å². The van der Waals surface area contributed by atoms with Gasteiger partial charge in [-0.3, -0.25) is 10.1 Å². The van der Waals surface area contributed by atoms with Gasteiger partial charge in [0.1, 0.15) is 5.82 Å². The van der Waals surface area contributed by atoms with Crippen LogP contribution < -0.4 is 21.3 Å². The minimum Gasteiger partial charge on any atom is -0.357 e. The summed E-state index contributed by atoms with van der Waals surface area (Å²) in [6, 6.07) is 14.8. The highest BCUT2D eigenvalue weighted by Gasteiger charge is 2.08. The molecule has 0 fully saturated rings. The molecule has 3 rings (SSSR count). The Hall–Kier alpha value is -4.01. The predicted molar refractivity (Wildman–Crippen MR) is 117 cm³/mol. The van der Waals surface area contributed by atoms with E-state index >= 15 is 0 Å². The highest BCUT2D eigenvalue weighted by molar-refractivity contribution is 5.98. The molecule has 0 saturated carbocycles. The van der Waals surface area contributed by atoms with Gasteiger partial charge in [0, 0.05) is 25.3 Å². The molecule has 0 spiro atoms. The number of rotatable bonds is 6. The zero-order chi connectivity index (χ0) is 21.5. The number of hydrogen-bond donors (Lipinski definition) is 4. The van der Waals surface area contributed by atoms with Crippen molar-refractivity contribution in [2.24, 2.45) is 0 Å². The van der Waals surface area contributed by atoms with Crippen molar-refractivity contribution in [3.8, 4) is 0 Å². The van der Waals surface area contributed by atoms with Gasteiger partial charge in [-0.25, -0.2) is 4.79 Å². The summed E-state index contributed by atoms with van der Waals surface area (Å²) in [5.74, 6) is 0.957. The van der Waals surface area contributed by atoms with Crippen LogP contribution >= 0.6 is 0 Å². The molecule has 9 nitrogen and oxygen atoms in total. The second kappa shape index (κ2) is 9.46. The summed E-state index contributed by atoms with van der Waals surface area (Å²) in [6.07, 6.45) is 0.740. The summed E-state index contributed by atoms with van der Waals surface area (Å²) < 4.78 is 0. The van der Waals surface area contributed by atoms with Crippen LogP contribution in [0, 0.1) is 6.92 Å². The van der Waals surface area contributed by atoms with Crippen LogP contribution in [-0.2, 0) is 11.2 Å². The average Bonchev–Trinajstić information content (AvgIpc) is 2.70. The van der Waals surface area contributed by atoms with Gasteiger partial charge in [0.2, 0.25) is 17.8 Å². The molecule has 0 aliphatic rings. The van der Waals surface area contributed by atoms with E-state index in [0.717, 1.165) is 23.2 Å². The number of nitrogens with zero attached hydrogens (tertiary/aromatic N) is 3. The average molecular weight is 405 g/mol. The topological polar surface area (TPSA) is 121 Å². The Morgan fingerprint density at radius 3 is 1.83 bits per heavy atom. The Balaban J connectivity index is 1.57. The zero-order valence-electron chi connectivity index (χ0n) is 17.0.